The number of nitrogens with zero attached hydrogens (tertiary/aromatic N) is 2. The van der Waals surface area contributed by atoms with Crippen molar-refractivity contribution in [2.45, 2.75) is 24.3 Å². The quantitative estimate of drug-likeness (QED) is 0.696. The maximum Gasteiger partial charge on any atom is 0.246 e. The molecule has 156 valence electrons. The number of sulfonamides is 1. The van der Waals surface area contributed by atoms with E-state index >= 15 is 0 Å². The number of piperidine rings is 1. The van der Waals surface area contributed by atoms with Crippen molar-refractivity contribution in [1.29, 1.82) is 0 Å². The number of methoxy groups -OCH3 is 1. The zero-order chi connectivity index (χ0) is 21.0. The molecule has 2 aromatic carbocycles. The molecule has 0 radical (unpaired) electrons. The number of carbonyl (C=O) groups excluding carboxylic acids is 1. The van der Waals surface area contributed by atoms with Crippen molar-refractivity contribution in [3.8, 4) is 5.75 Å². The monoisotopic (exact) mass is 436 g/mol. The topological polar surface area (TPSA) is 66.9 Å². The van der Waals surface area contributed by atoms with Crippen LogP contribution >= 0.6 is 11.6 Å². The molecule has 0 aliphatic carbocycles. The number of amides is 1. The van der Waals surface area contributed by atoms with E-state index in [4.69, 9.17) is 16.3 Å². The van der Waals surface area contributed by atoms with Gasteiger partial charge in [0.25, 0.3) is 0 Å². The highest BCUT2D eigenvalue weighted by atomic mass is 35.5. The lowest BCUT2D eigenvalue weighted by Crippen LogP contribution is -2.43. The van der Waals surface area contributed by atoms with E-state index in [0.717, 1.165) is 5.56 Å². The van der Waals surface area contributed by atoms with E-state index in [1.807, 2.05) is 30.3 Å². The number of hydrogen-bond acceptors (Lipinski definition) is 4. The van der Waals surface area contributed by atoms with Crippen LogP contribution in [0.15, 0.2) is 53.4 Å². The Kier molecular flexibility index (Phi) is 6.82. The summed E-state index contributed by atoms with van der Waals surface area (Å²) in [7, 11) is -0.533. The summed E-state index contributed by atoms with van der Waals surface area (Å²) in [6, 6.07) is 14.3. The van der Waals surface area contributed by atoms with Crippen LogP contribution in [0.2, 0.25) is 5.02 Å². The van der Waals surface area contributed by atoms with Crippen LogP contribution in [0, 0.1) is 5.92 Å². The Morgan fingerprint density at radius 2 is 1.83 bits per heavy atom. The minimum atomic E-state index is -3.75. The summed E-state index contributed by atoms with van der Waals surface area (Å²) in [5, 5.41) is 0.331. The van der Waals surface area contributed by atoms with E-state index in [-0.39, 0.29) is 35.6 Å². The van der Waals surface area contributed by atoms with Gasteiger partial charge >= 0.3 is 0 Å². The number of halogens is 1. The molecule has 0 unspecified atom stereocenters. The van der Waals surface area contributed by atoms with Crippen LogP contribution in [-0.4, -0.2) is 50.8 Å². The molecule has 0 aromatic heterocycles. The van der Waals surface area contributed by atoms with E-state index in [1.54, 1.807) is 24.1 Å². The summed E-state index contributed by atoms with van der Waals surface area (Å²) in [5.74, 6) is 0.123. The fraction of sp³-hybridized carbons (Fsp3) is 0.381. The normalized spacial score (nSPS) is 15.8. The molecule has 1 fully saturated rings. The van der Waals surface area contributed by atoms with Crippen LogP contribution in [0.4, 0.5) is 0 Å². The van der Waals surface area contributed by atoms with Crippen molar-refractivity contribution in [2.75, 3.05) is 27.2 Å². The molecule has 1 aliphatic rings. The Bertz CT molecular complexity index is 958. The third-order valence-corrected chi connectivity index (χ3v) is 7.34. The molecule has 2 aromatic rings. The second-order valence-corrected chi connectivity index (χ2v) is 9.50. The summed E-state index contributed by atoms with van der Waals surface area (Å²) in [6.07, 6.45) is 0.972. The first-order valence-electron chi connectivity index (χ1n) is 9.45. The molecule has 1 amide bonds. The number of rotatable bonds is 6. The minimum absolute atomic E-state index is 0.0474. The lowest BCUT2D eigenvalue weighted by molar-refractivity contribution is -0.135. The maximum absolute atomic E-state index is 13.1. The highest BCUT2D eigenvalue weighted by molar-refractivity contribution is 7.89. The van der Waals surface area contributed by atoms with Gasteiger partial charge in [-0.15, -0.1) is 0 Å². The van der Waals surface area contributed by atoms with E-state index < -0.39 is 10.0 Å². The first kappa shape index (κ1) is 21.6. The van der Waals surface area contributed by atoms with E-state index in [2.05, 4.69) is 0 Å². The van der Waals surface area contributed by atoms with Gasteiger partial charge in [0.05, 0.1) is 7.11 Å². The summed E-state index contributed by atoms with van der Waals surface area (Å²) < 4.78 is 32.7. The fourth-order valence-electron chi connectivity index (χ4n) is 3.58. The first-order chi connectivity index (χ1) is 13.8. The van der Waals surface area contributed by atoms with Gasteiger partial charge in [0.2, 0.25) is 15.9 Å². The molecule has 0 bridgehead atoms. The van der Waals surface area contributed by atoms with Gasteiger partial charge in [0.15, 0.2) is 0 Å². The highest BCUT2D eigenvalue weighted by Crippen LogP contribution is 2.32. The molecule has 1 saturated heterocycles. The standard InChI is InChI=1S/C21H25ClN2O4S/c1-23(15-16-6-4-3-5-7-16)21(25)17-10-12-24(13-11-17)29(26,27)20-14-18(22)8-9-19(20)28-2/h3-9,14,17H,10-13,15H2,1-2H3. The highest BCUT2D eigenvalue weighted by Gasteiger charge is 2.34. The number of hydrogen-bond donors (Lipinski definition) is 0. The minimum Gasteiger partial charge on any atom is -0.495 e. The van der Waals surface area contributed by atoms with Gasteiger partial charge < -0.3 is 9.64 Å². The maximum atomic E-state index is 13.1. The summed E-state index contributed by atoms with van der Waals surface area (Å²) in [4.78, 5) is 14.6. The fourth-order valence-corrected chi connectivity index (χ4v) is 5.47. The van der Waals surface area contributed by atoms with E-state index in [9.17, 15) is 13.2 Å². The number of benzene rings is 2. The van der Waals surface area contributed by atoms with Gasteiger partial charge in [0, 0.05) is 37.6 Å². The van der Waals surface area contributed by atoms with Gasteiger partial charge in [-0.2, -0.15) is 4.31 Å². The Balaban J connectivity index is 1.65. The lowest BCUT2D eigenvalue weighted by atomic mass is 9.96. The SMILES string of the molecule is COc1ccc(Cl)cc1S(=O)(=O)N1CCC(C(=O)N(C)Cc2ccccc2)CC1. The number of carbonyl (C=O) groups is 1. The van der Waals surface area contributed by atoms with Gasteiger partial charge in [-0.05, 0) is 36.6 Å². The molecule has 6 nitrogen and oxygen atoms in total. The summed E-state index contributed by atoms with van der Waals surface area (Å²) in [6.45, 7) is 1.11. The smallest absolute Gasteiger partial charge is 0.246 e. The second-order valence-electron chi connectivity index (χ2n) is 7.15. The van der Waals surface area contributed by atoms with Crippen molar-refractivity contribution in [3.05, 3.63) is 59.1 Å². The second kappa shape index (κ2) is 9.15. The summed E-state index contributed by atoms with van der Waals surface area (Å²) >= 11 is 6.00. The van der Waals surface area contributed by atoms with E-state index in [1.165, 1.54) is 17.5 Å². The molecule has 8 heteroatoms. The largest absolute Gasteiger partial charge is 0.495 e. The Morgan fingerprint density at radius 1 is 1.17 bits per heavy atom. The zero-order valence-corrected chi connectivity index (χ0v) is 18.1. The molecule has 29 heavy (non-hydrogen) atoms. The predicted octanol–water partition coefficient (Wildman–Crippen LogP) is 3.41. The Morgan fingerprint density at radius 3 is 2.45 bits per heavy atom. The third-order valence-electron chi connectivity index (χ3n) is 5.19. The molecule has 0 saturated carbocycles. The average molecular weight is 437 g/mol. The Hall–Kier alpha value is -2.09. The van der Waals surface area contributed by atoms with Crippen LogP contribution in [-0.2, 0) is 21.4 Å². The summed E-state index contributed by atoms with van der Waals surface area (Å²) in [5.41, 5.74) is 1.07. The van der Waals surface area contributed by atoms with Crippen LogP contribution in [0.25, 0.3) is 0 Å². The number of ether oxygens (including phenoxy) is 1. The molecule has 1 heterocycles. The van der Waals surface area contributed by atoms with Gasteiger partial charge in [0.1, 0.15) is 10.6 Å². The van der Waals surface area contributed by atoms with Crippen LogP contribution in [0.3, 0.4) is 0 Å². The molecule has 0 spiro atoms. The van der Waals surface area contributed by atoms with Crippen molar-refractivity contribution in [1.82, 2.24) is 9.21 Å². The van der Waals surface area contributed by atoms with Gasteiger partial charge in [-0.3, -0.25) is 4.79 Å². The van der Waals surface area contributed by atoms with Gasteiger partial charge in [-0.25, -0.2) is 8.42 Å². The first-order valence-corrected chi connectivity index (χ1v) is 11.3. The molecular formula is C21H25ClN2O4S. The zero-order valence-electron chi connectivity index (χ0n) is 16.5. The molecule has 3 rings (SSSR count). The Labute approximate surface area is 177 Å². The molecular weight excluding hydrogens is 412 g/mol. The van der Waals surface area contributed by atoms with Crippen LogP contribution in [0.5, 0.6) is 5.75 Å². The van der Waals surface area contributed by atoms with Crippen molar-refractivity contribution in [2.24, 2.45) is 5.92 Å². The van der Waals surface area contributed by atoms with Crippen molar-refractivity contribution in [3.63, 3.8) is 0 Å². The lowest BCUT2D eigenvalue weighted by Gasteiger charge is -2.32. The van der Waals surface area contributed by atoms with Gasteiger partial charge in [-0.1, -0.05) is 41.9 Å². The van der Waals surface area contributed by atoms with Crippen molar-refractivity contribution >= 4 is 27.5 Å². The third kappa shape index (κ3) is 4.91. The van der Waals surface area contributed by atoms with E-state index in [0.29, 0.717) is 24.4 Å². The van der Waals surface area contributed by atoms with Crippen LogP contribution in [0.1, 0.15) is 18.4 Å². The average Bonchev–Trinajstić information content (AvgIpc) is 2.74. The predicted molar refractivity (Wildman–Crippen MR) is 112 cm³/mol. The molecule has 1 aliphatic heterocycles. The molecule has 0 atom stereocenters. The van der Waals surface area contributed by atoms with Crippen molar-refractivity contribution < 1.29 is 17.9 Å². The van der Waals surface area contributed by atoms with Crippen LogP contribution < -0.4 is 4.74 Å². The molecule has 0 N–H and O–H groups in total.